The van der Waals surface area contributed by atoms with Gasteiger partial charge in [0, 0.05) is 26.2 Å². The Morgan fingerprint density at radius 2 is 2.44 bits per heavy atom. The lowest BCUT2D eigenvalue weighted by Gasteiger charge is -2.14. The Morgan fingerprint density at radius 3 is 3.17 bits per heavy atom. The maximum Gasteiger partial charge on any atom is 0.284 e. The van der Waals surface area contributed by atoms with E-state index in [0.29, 0.717) is 16.1 Å². The first-order valence-electron chi connectivity index (χ1n) is 6.22. The Morgan fingerprint density at radius 1 is 1.61 bits per heavy atom. The Balaban J connectivity index is 1.94. The van der Waals surface area contributed by atoms with Crippen LogP contribution in [0.2, 0.25) is 0 Å². The van der Waals surface area contributed by atoms with Gasteiger partial charge in [0.2, 0.25) is 10.1 Å². The molecule has 0 saturated carbocycles. The minimum absolute atomic E-state index is 0.0444. The molecule has 1 aromatic rings. The fraction of sp³-hybridized carbons (Fsp3) is 0.727. The van der Waals surface area contributed by atoms with Crippen LogP contribution in [-0.2, 0) is 0 Å². The smallest absolute Gasteiger partial charge is 0.284 e. The van der Waals surface area contributed by atoms with Crippen LogP contribution < -0.4 is 5.32 Å². The van der Waals surface area contributed by atoms with E-state index >= 15 is 0 Å². The highest BCUT2D eigenvalue weighted by molar-refractivity contribution is 7.17. The van der Waals surface area contributed by atoms with Crippen LogP contribution in [-0.4, -0.2) is 52.4 Å². The number of nitrogens with one attached hydrogen (secondary N) is 1. The zero-order chi connectivity index (χ0) is 13.0. The molecular formula is C11H18N4O2S. The third-order valence-corrected chi connectivity index (χ3v) is 3.92. The lowest BCUT2D eigenvalue weighted by molar-refractivity contribution is 0.0783. The largest absolute Gasteiger partial charge is 0.396 e. The monoisotopic (exact) mass is 270 g/mol. The van der Waals surface area contributed by atoms with Crippen LogP contribution in [0.4, 0.5) is 5.13 Å². The summed E-state index contributed by atoms with van der Waals surface area (Å²) in [5.41, 5.74) is 0. The number of anilines is 1. The fourth-order valence-corrected chi connectivity index (χ4v) is 2.88. The molecule has 1 atom stereocenters. The summed E-state index contributed by atoms with van der Waals surface area (Å²) >= 11 is 1.29. The molecule has 2 N–H and O–H groups in total. The fourth-order valence-electron chi connectivity index (χ4n) is 2.10. The molecular weight excluding hydrogens is 252 g/mol. The molecule has 1 unspecified atom stereocenters. The SMILES string of the molecule is CCNc1nnc(C(=O)N2CCC(CCO)C2)s1. The first-order valence-corrected chi connectivity index (χ1v) is 7.03. The molecule has 2 heterocycles. The van der Waals surface area contributed by atoms with Crippen molar-refractivity contribution < 1.29 is 9.90 Å². The van der Waals surface area contributed by atoms with E-state index in [1.54, 1.807) is 4.90 Å². The molecule has 0 radical (unpaired) electrons. The average molecular weight is 270 g/mol. The predicted octanol–water partition coefficient (Wildman–Crippen LogP) is 0.814. The third-order valence-electron chi connectivity index (χ3n) is 3.05. The molecule has 0 aromatic carbocycles. The average Bonchev–Trinajstić information content (AvgIpc) is 2.98. The van der Waals surface area contributed by atoms with Crippen molar-refractivity contribution in [3.8, 4) is 0 Å². The second-order valence-corrected chi connectivity index (χ2v) is 5.34. The van der Waals surface area contributed by atoms with Crippen LogP contribution in [0.25, 0.3) is 0 Å². The van der Waals surface area contributed by atoms with Crippen molar-refractivity contribution in [1.29, 1.82) is 0 Å². The first kappa shape index (κ1) is 13.2. The van der Waals surface area contributed by atoms with E-state index in [9.17, 15) is 4.79 Å². The lowest BCUT2D eigenvalue weighted by Crippen LogP contribution is -2.28. The standard InChI is InChI=1S/C11H18N4O2S/c1-2-12-11-14-13-9(18-11)10(17)15-5-3-8(7-15)4-6-16/h8,16H,2-7H2,1H3,(H,12,14). The molecule has 1 fully saturated rings. The van der Waals surface area contributed by atoms with Gasteiger partial charge in [-0.1, -0.05) is 11.3 Å². The first-order chi connectivity index (χ1) is 8.74. The Labute approximate surface area is 110 Å². The van der Waals surface area contributed by atoms with Gasteiger partial charge in [0.25, 0.3) is 5.91 Å². The molecule has 1 amide bonds. The van der Waals surface area contributed by atoms with Crippen molar-refractivity contribution in [1.82, 2.24) is 15.1 Å². The summed E-state index contributed by atoms with van der Waals surface area (Å²) in [6.45, 7) is 4.40. The topological polar surface area (TPSA) is 78.4 Å². The molecule has 100 valence electrons. The van der Waals surface area contributed by atoms with Gasteiger partial charge in [-0.05, 0) is 25.7 Å². The summed E-state index contributed by atoms with van der Waals surface area (Å²) in [6, 6.07) is 0. The quantitative estimate of drug-likeness (QED) is 0.828. The second kappa shape index (κ2) is 6.10. The van der Waals surface area contributed by atoms with Crippen LogP contribution >= 0.6 is 11.3 Å². The van der Waals surface area contributed by atoms with E-state index in [2.05, 4.69) is 15.5 Å². The normalized spacial score (nSPS) is 19.2. The zero-order valence-corrected chi connectivity index (χ0v) is 11.2. The van der Waals surface area contributed by atoms with Gasteiger partial charge < -0.3 is 15.3 Å². The second-order valence-electron chi connectivity index (χ2n) is 4.36. The summed E-state index contributed by atoms with van der Waals surface area (Å²) in [4.78, 5) is 14.0. The van der Waals surface area contributed by atoms with E-state index in [0.717, 1.165) is 32.5 Å². The van der Waals surface area contributed by atoms with E-state index < -0.39 is 0 Å². The van der Waals surface area contributed by atoms with E-state index in [1.807, 2.05) is 6.92 Å². The molecule has 6 nitrogen and oxygen atoms in total. The molecule has 0 spiro atoms. The minimum atomic E-state index is -0.0444. The molecule has 1 saturated heterocycles. The number of hydrogen-bond acceptors (Lipinski definition) is 6. The highest BCUT2D eigenvalue weighted by Crippen LogP contribution is 2.23. The number of likely N-dealkylation sites (tertiary alicyclic amines) is 1. The molecule has 1 aliphatic rings. The van der Waals surface area contributed by atoms with Gasteiger partial charge in [-0.25, -0.2) is 0 Å². The Bertz CT molecular complexity index is 410. The number of rotatable bonds is 5. The molecule has 1 aliphatic heterocycles. The van der Waals surface area contributed by atoms with Crippen LogP contribution in [0.1, 0.15) is 29.6 Å². The Hall–Kier alpha value is -1.21. The summed E-state index contributed by atoms with van der Waals surface area (Å²) in [5, 5.41) is 20.9. The number of carbonyl (C=O) groups excluding carboxylic acids is 1. The molecule has 18 heavy (non-hydrogen) atoms. The molecule has 0 aliphatic carbocycles. The number of carbonyl (C=O) groups is 1. The van der Waals surface area contributed by atoms with Crippen LogP contribution in [0.15, 0.2) is 0 Å². The lowest BCUT2D eigenvalue weighted by atomic mass is 10.1. The van der Waals surface area contributed by atoms with Crippen molar-refractivity contribution >= 4 is 22.4 Å². The van der Waals surface area contributed by atoms with Crippen molar-refractivity contribution in [2.75, 3.05) is 31.6 Å². The van der Waals surface area contributed by atoms with Gasteiger partial charge in [0.1, 0.15) is 0 Å². The molecule has 2 rings (SSSR count). The van der Waals surface area contributed by atoms with Crippen molar-refractivity contribution in [2.45, 2.75) is 19.8 Å². The highest BCUT2D eigenvalue weighted by Gasteiger charge is 2.28. The van der Waals surface area contributed by atoms with Crippen molar-refractivity contribution in [3.63, 3.8) is 0 Å². The van der Waals surface area contributed by atoms with Crippen LogP contribution in [0.5, 0.6) is 0 Å². The maximum atomic E-state index is 12.2. The van der Waals surface area contributed by atoms with Crippen molar-refractivity contribution in [3.05, 3.63) is 5.01 Å². The van der Waals surface area contributed by atoms with Gasteiger partial charge in [0.15, 0.2) is 0 Å². The highest BCUT2D eigenvalue weighted by atomic mass is 32.1. The summed E-state index contributed by atoms with van der Waals surface area (Å²) < 4.78 is 0. The molecule has 0 bridgehead atoms. The minimum Gasteiger partial charge on any atom is -0.396 e. The van der Waals surface area contributed by atoms with E-state index in [1.165, 1.54) is 11.3 Å². The molecule has 7 heteroatoms. The van der Waals surface area contributed by atoms with Crippen LogP contribution in [0, 0.1) is 5.92 Å². The predicted molar refractivity (Wildman–Crippen MR) is 69.8 cm³/mol. The zero-order valence-electron chi connectivity index (χ0n) is 10.4. The van der Waals surface area contributed by atoms with Gasteiger partial charge >= 0.3 is 0 Å². The number of nitrogens with zero attached hydrogens (tertiary/aromatic N) is 3. The number of aromatic nitrogens is 2. The van der Waals surface area contributed by atoms with Gasteiger partial charge in [-0.2, -0.15) is 0 Å². The van der Waals surface area contributed by atoms with Crippen LogP contribution in [0.3, 0.4) is 0 Å². The summed E-state index contributed by atoms with van der Waals surface area (Å²) in [6.07, 6.45) is 1.73. The summed E-state index contributed by atoms with van der Waals surface area (Å²) in [5.74, 6) is 0.372. The van der Waals surface area contributed by atoms with Gasteiger partial charge in [-0.3, -0.25) is 4.79 Å². The molecule has 1 aromatic heterocycles. The number of amides is 1. The van der Waals surface area contributed by atoms with E-state index in [4.69, 9.17) is 5.11 Å². The number of aliphatic hydroxyl groups is 1. The van der Waals surface area contributed by atoms with Gasteiger partial charge in [-0.15, -0.1) is 10.2 Å². The number of hydrogen-bond donors (Lipinski definition) is 2. The Kier molecular flexibility index (Phi) is 4.48. The maximum absolute atomic E-state index is 12.2. The van der Waals surface area contributed by atoms with Gasteiger partial charge in [0.05, 0.1) is 0 Å². The summed E-state index contributed by atoms with van der Waals surface area (Å²) in [7, 11) is 0. The van der Waals surface area contributed by atoms with Crippen molar-refractivity contribution in [2.24, 2.45) is 5.92 Å². The van der Waals surface area contributed by atoms with E-state index in [-0.39, 0.29) is 12.5 Å². The third kappa shape index (κ3) is 2.97. The number of aliphatic hydroxyl groups excluding tert-OH is 1.